The first-order valence-corrected chi connectivity index (χ1v) is 8.29. The first kappa shape index (κ1) is 17.2. The van der Waals surface area contributed by atoms with Gasteiger partial charge in [-0.3, -0.25) is 0 Å². The third-order valence-electron chi connectivity index (χ3n) is 3.61. The molecule has 0 saturated heterocycles. The number of para-hydroxylation sites is 1. The summed E-state index contributed by atoms with van der Waals surface area (Å²) < 4.78 is 0. The summed E-state index contributed by atoms with van der Waals surface area (Å²) in [5, 5.41) is 7.01. The molecule has 3 aromatic rings. The number of amides is 2. The number of hydrogen-bond donors (Lipinski definition) is 2. The SMILES string of the molecule is O=C(N/N=C(\C=C\c1ccccc1)c1ccccc1)Nc1ccccc1. The van der Waals surface area contributed by atoms with Crippen LogP contribution in [-0.2, 0) is 0 Å². The molecule has 0 fully saturated rings. The van der Waals surface area contributed by atoms with Crippen LogP contribution in [-0.4, -0.2) is 11.7 Å². The number of anilines is 1. The zero-order chi connectivity index (χ0) is 18.0. The number of hydrogen-bond acceptors (Lipinski definition) is 2. The van der Waals surface area contributed by atoms with Crippen LogP contribution in [0.15, 0.2) is 102 Å². The minimum atomic E-state index is -0.391. The van der Waals surface area contributed by atoms with Crippen LogP contribution in [0.3, 0.4) is 0 Å². The molecule has 0 bridgehead atoms. The second-order valence-electron chi connectivity index (χ2n) is 5.54. The van der Waals surface area contributed by atoms with Gasteiger partial charge in [-0.1, -0.05) is 84.9 Å². The van der Waals surface area contributed by atoms with Crippen LogP contribution >= 0.6 is 0 Å². The Morgan fingerprint density at radius 1 is 0.769 bits per heavy atom. The van der Waals surface area contributed by atoms with Gasteiger partial charge in [-0.15, -0.1) is 0 Å². The highest BCUT2D eigenvalue weighted by Crippen LogP contribution is 2.07. The Labute approximate surface area is 152 Å². The highest BCUT2D eigenvalue weighted by Gasteiger charge is 2.03. The van der Waals surface area contributed by atoms with Crippen molar-refractivity contribution in [1.82, 2.24) is 5.43 Å². The van der Waals surface area contributed by atoms with Gasteiger partial charge in [0.2, 0.25) is 0 Å². The van der Waals surface area contributed by atoms with E-state index < -0.39 is 6.03 Å². The van der Waals surface area contributed by atoms with E-state index in [1.165, 1.54) is 0 Å². The number of urea groups is 1. The number of carbonyl (C=O) groups is 1. The molecule has 0 aliphatic rings. The summed E-state index contributed by atoms with van der Waals surface area (Å²) in [6, 6.07) is 28.5. The number of nitrogens with zero attached hydrogens (tertiary/aromatic N) is 1. The van der Waals surface area contributed by atoms with E-state index in [0.717, 1.165) is 11.1 Å². The van der Waals surface area contributed by atoms with Gasteiger partial charge in [0.25, 0.3) is 0 Å². The van der Waals surface area contributed by atoms with Crippen LogP contribution in [0.2, 0.25) is 0 Å². The standard InChI is InChI=1S/C22H19N3O/c26-22(23-20-14-8-3-9-15-20)25-24-21(19-12-6-2-7-13-19)17-16-18-10-4-1-5-11-18/h1-17H,(H2,23,25,26)/b17-16+,24-21+. The lowest BCUT2D eigenvalue weighted by Crippen LogP contribution is -2.25. The third-order valence-corrected chi connectivity index (χ3v) is 3.61. The topological polar surface area (TPSA) is 53.5 Å². The number of allylic oxidation sites excluding steroid dienone is 1. The second-order valence-corrected chi connectivity index (χ2v) is 5.54. The first-order chi connectivity index (χ1) is 12.8. The molecule has 2 amide bonds. The first-order valence-electron chi connectivity index (χ1n) is 8.29. The molecule has 0 unspecified atom stereocenters. The van der Waals surface area contributed by atoms with Crippen molar-refractivity contribution in [2.24, 2.45) is 5.10 Å². The molecular weight excluding hydrogens is 322 g/mol. The fourth-order valence-electron chi connectivity index (χ4n) is 2.34. The zero-order valence-corrected chi connectivity index (χ0v) is 14.2. The monoisotopic (exact) mass is 341 g/mol. The highest BCUT2D eigenvalue weighted by molar-refractivity contribution is 6.11. The van der Waals surface area contributed by atoms with Gasteiger partial charge in [0.15, 0.2) is 0 Å². The van der Waals surface area contributed by atoms with Gasteiger partial charge in [0, 0.05) is 11.3 Å². The molecule has 0 aromatic heterocycles. The molecule has 3 aromatic carbocycles. The summed E-state index contributed by atoms with van der Waals surface area (Å²) in [6.45, 7) is 0. The van der Waals surface area contributed by atoms with Crippen molar-refractivity contribution in [3.8, 4) is 0 Å². The number of hydrazone groups is 1. The summed E-state index contributed by atoms with van der Waals surface area (Å²) >= 11 is 0. The molecule has 4 heteroatoms. The fourth-order valence-corrected chi connectivity index (χ4v) is 2.34. The van der Waals surface area contributed by atoms with E-state index in [1.54, 1.807) is 0 Å². The maximum Gasteiger partial charge on any atom is 0.339 e. The molecule has 2 N–H and O–H groups in total. The Balaban J connectivity index is 1.75. The van der Waals surface area contributed by atoms with E-state index in [2.05, 4.69) is 15.8 Å². The maximum atomic E-state index is 12.1. The molecule has 0 aliphatic heterocycles. The van der Waals surface area contributed by atoms with Gasteiger partial charge in [-0.2, -0.15) is 5.10 Å². The fraction of sp³-hybridized carbons (Fsp3) is 0. The highest BCUT2D eigenvalue weighted by atomic mass is 16.2. The molecule has 0 aliphatic carbocycles. The maximum absolute atomic E-state index is 12.1. The van der Waals surface area contributed by atoms with Crippen LogP contribution in [0.5, 0.6) is 0 Å². The normalized spacial score (nSPS) is 11.3. The molecule has 0 saturated carbocycles. The molecule has 0 heterocycles. The Hall–Kier alpha value is -3.66. The van der Waals surface area contributed by atoms with Gasteiger partial charge in [0.05, 0.1) is 5.71 Å². The van der Waals surface area contributed by atoms with Crippen molar-refractivity contribution in [2.45, 2.75) is 0 Å². The summed E-state index contributed by atoms with van der Waals surface area (Å²) in [5.41, 5.74) is 5.90. The van der Waals surface area contributed by atoms with Crippen LogP contribution in [0.1, 0.15) is 11.1 Å². The average molecular weight is 341 g/mol. The number of carbonyl (C=O) groups excluding carboxylic acids is 1. The summed E-state index contributed by atoms with van der Waals surface area (Å²) in [4.78, 5) is 12.1. The molecule has 4 nitrogen and oxygen atoms in total. The zero-order valence-electron chi connectivity index (χ0n) is 14.2. The largest absolute Gasteiger partial charge is 0.339 e. The van der Waals surface area contributed by atoms with Gasteiger partial charge in [0.1, 0.15) is 0 Å². The predicted molar refractivity (Wildman–Crippen MR) is 107 cm³/mol. The van der Waals surface area contributed by atoms with Crippen LogP contribution < -0.4 is 10.7 Å². The van der Waals surface area contributed by atoms with Crippen LogP contribution in [0.4, 0.5) is 10.5 Å². The second kappa shape index (κ2) is 8.99. The van der Waals surface area contributed by atoms with Crippen molar-refractivity contribution in [1.29, 1.82) is 0 Å². The molecule has 26 heavy (non-hydrogen) atoms. The average Bonchev–Trinajstić information content (AvgIpc) is 2.70. The lowest BCUT2D eigenvalue weighted by atomic mass is 10.1. The molecule has 128 valence electrons. The molecule has 3 rings (SSSR count). The van der Waals surface area contributed by atoms with Crippen molar-refractivity contribution >= 4 is 23.5 Å². The summed E-state index contributed by atoms with van der Waals surface area (Å²) in [7, 11) is 0. The van der Waals surface area contributed by atoms with Crippen molar-refractivity contribution in [3.63, 3.8) is 0 Å². The smallest absolute Gasteiger partial charge is 0.307 e. The van der Waals surface area contributed by atoms with Crippen molar-refractivity contribution < 1.29 is 4.79 Å². The number of benzene rings is 3. The lowest BCUT2D eigenvalue weighted by Gasteiger charge is -2.06. The minimum Gasteiger partial charge on any atom is -0.307 e. The number of nitrogens with one attached hydrogen (secondary N) is 2. The van der Waals surface area contributed by atoms with Gasteiger partial charge in [-0.05, 0) is 23.8 Å². The quantitative estimate of drug-likeness (QED) is 0.502. The minimum absolute atomic E-state index is 0.391. The van der Waals surface area contributed by atoms with E-state index in [4.69, 9.17) is 0 Å². The van der Waals surface area contributed by atoms with E-state index in [1.807, 2.05) is 103 Å². The predicted octanol–water partition coefficient (Wildman–Crippen LogP) is 4.93. The van der Waals surface area contributed by atoms with E-state index in [0.29, 0.717) is 11.4 Å². The number of rotatable bonds is 5. The molecule has 0 radical (unpaired) electrons. The van der Waals surface area contributed by atoms with E-state index >= 15 is 0 Å². The Bertz CT molecular complexity index is 888. The van der Waals surface area contributed by atoms with Crippen LogP contribution in [0, 0.1) is 0 Å². The Morgan fingerprint density at radius 3 is 2.00 bits per heavy atom. The van der Waals surface area contributed by atoms with Crippen molar-refractivity contribution in [2.75, 3.05) is 5.32 Å². The molecule has 0 atom stereocenters. The lowest BCUT2D eigenvalue weighted by molar-refractivity contribution is 0.252. The van der Waals surface area contributed by atoms with E-state index in [9.17, 15) is 4.79 Å². The van der Waals surface area contributed by atoms with Crippen molar-refractivity contribution in [3.05, 3.63) is 108 Å². The Morgan fingerprint density at radius 2 is 1.35 bits per heavy atom. The van der Waals surface area contributed by atoms with Crippen LogP contribution in [0.25, 0.3) is 6.08 Å². The Kier molecular flexibility index (Phi) is 5.94. The summed E-state index contributed by atoms with van der Waals surface area (Å²) in [5.74, 6) is 0. The third kappa shape index (κ3) is 5.18. The van der Waals surface area contributed by atoms with Gasteiger partial charge >= 0.3 is 6.03 Å². The van der Waals surface area contributed by atoms with E-state index in [-0.39, 0.29) is 0 Å². The molecular formula is C22H19N3O. The summed E-state index contributed by atoms with van der Waals surface area (Å²) in [6.07, 6.45) is 3.84. The van der Waals surface area contributed by atoms with Gasteiger partial charge in [-0.25, -0.2) is 10.2 Å². The molecule has 0 spiro atoms. The van der Waals surface area contributed by atoms with Gasteiger partial charge < -0.3 is 5.32 Å².